The summed E-state index contributed by atoms with van der Waals surface area (Å²) in [6.45, 7) is 2.83. The number of halogens is 1. The maximum Gasteiger partial charge on any atom is 0.259 e. The molecule has 3 aromatic rings. The van der Waals surface area contributed by atoms with Crippen molar-refractivity contribution in [2.24, 2.45) is 7.05 Å². The first kappa shape index (κ1) is 25.9. The van der Waals surface area contributed by atoms with Crippen molar-refractivity contribution in [3.8, 4) is 16.9 Å². The topological polar surface area (TPSA) is 106 Å². The zero-order chi connectivity index (χ0) is 23.6. The zero-order valence-electron chi connectivity index (χ0n) is 19.5. The molecule has 9 nitrogen and oxygen atoms in total. The number of nitrogens with one attached hydrogen (secondary N) is 1. The number of ether oxygens (including phenoxy) is 1. The Kier molecular flexibility index (Phi) is 8.17. The van der Waals surface area contributed by atoms with Gasteiger partial charge in [-0.25, -0.2) is 17.7 Å². The van der Waals surface area contributed by atoms with Gasteiger partial charge in [0.05, 0.1) is 18.4 Å². The van der Waals surface area contributed by atoms with Crippen LogP contribution in [0.4, 0.5) is 5.95 Å². The predicted octanol–water partition coefficient (Wildman–Crippen LogP) is 3.04. The summed E-state index contributed by atoms with van der Waals surface area (Å²) < 4.78 is 33.1. The van der Waals surface area contributed by atoms with Gasteiger partial charge in [-0.05, 0) is 31.4 Å². The average molecular weight is 508 g/mol. The molecule has 0 spiro atoms. The van der Waals surface area contributed by atoms with Gasteiger partial charge in [-0.1, -0.05) is 25.1 Å². The normalized spacial score (nSPS) is 15.1. The predicted molar refractivity (Wildman–Crippen MR) is 136 cm³/mol. The van der Waals surface area contributed by atoms with Crippen LogP contribution in [-0.4, -0.2) is 59.3 Å². The lowest BCUT2D eigenvalue weighted by Gasteiger charge is -2.31. The second kappa shape index (κ2) is 10.7. The number of fused-ring (bicyclic) bond motifs is 1. The highest BCUT2D eigenvalue weighted by atomic mass is 35.5. The van der Waals surface area contributed by atoms with Crippen LogP contribution in [0, 0.1) is 0 Å². The fourth-order valence-electron chi connectivity index (χ4n) is 4.22. The van der Waals surface area contributed by atoms with Gasteiger partial charge in [-0.2, -0.15) is 4.98 Å². The molecule has 0 radical (unpaired) electrons. The minimum atomic E-state index is -3.17. The van der Waals surface area contributed by atoms with Gasteiger partial charge in [0, 0.05) is 43.3 Å². The van der Waals surface area contributed by atoms with E-state index in [1.165, 1.54) is 4.57 Å². The van der Waals surface area contributed by atoms with Crippen molar-refractivity contribution in [2.45, 2.75) is 32.2 Å². The van der Waals surface area contributed by atoms with Crippen LogP contribution in [0.5, 0.6) is 5.75 Å². The first-order chi connectivity index (χ1) is 15.8. The van der Waals surface area contributed by atoms with E-state index in [1.54, 1.807) is 30.7 Å². The number of anilines is 1. The molecule has 184 valence electrons. The summed E-state index contributed by atoms with van der Waals surface area (Å²) in [6.07, 6.45) is 3.67. The van der Waals surface area contributed by atoms with Crippen LogP contribution in [0.25, 0.3) is 22.2 Å². The molecule has 11 heteroatoms. The molecule has 0 aliphatic carbocycles. The van der Waals surface area contributed by atoms with Crippen LogP contribution >= 0.6 is 12.4 Å². The number of methoxy groups -OCH3 is 1. The second-order valence-corrected chi connectivity index (χ2v) is 10.3. The second-order valence-electron chi connectivity index (χ2n) is 8.23. The molecule has 1 saturated heterocycles. The molecular formula is C23H30ClN5O4S. The molecule has 1 aliphatic heterocycles. The Morgan fingerprint density at radius 2 is 1.88 bits per heavy atom. The number of piperidine rings is 1. The maximum absolute atomic E-state index is 13.1. The summed E-state index contributed by atoms with van der Waals surface area (Å²) in [4.78, 5) is 22.1. The molecule has 1 fully saturated rings. The number of para-hydroxylation sites is 1. The number of hydrogen-bond acceptors (Lipinski definition) is 7. The Morgan fingerprint density at radius 1 is 1.18 bits per heavy atom. The third-order valence-electron chi connectivity index (χ3n) is 5.99. The molecule has 0 saturated carbocycles. The van der Waals surface area contributed by atoms with Gasteiger partial charge in [-0.15, -0.1) is 12.4 Å². The Balaban J connectivity index is 0.00000324. The number of rotatable bonds is 7. The van der Waals surface area contributed by atoms with Crippen molar-refractivity contribution in [1.82, 2.24) is 18.8 Å². The van der Waals surface area contributed by atoms with Crippen molar-refractivity contribution in [1.29, 1.82) is 0 Å². The Morgan fingerprint density at radius 3 is 2.56 bits per heavy atom. The van der Waals surface area contributed by atoms with Crippen molar-refractivity contribution < 1.29 is 13.2 Å². The lowest BCUT2D eigenvalue weighted by Crippen LogP contribution is -2.43. The average Bonchev–Trinajstić information content (AvgIpc) is 2.82. The number of hydrogen-bond donors (Lipinski definition) is 1. The third kappa shape index (κ3) is 5.18. The Labute approximate surface area is 205 Å². The number of aryl methyl sites for hydroxylation is 1. The molecule has 1 aliphatic rings. The van der Waals surface area contributed by atoms with Gasteiger partial charge in [0.15, 0.2) is 0 Å². The lowest BCUT2D eigenvalue weighted by molar-refractivity contribution is 0.329. The summed E-state index contributed by atoms with van der Waals surface area (Å²) in [6, 6.07) is 9.26. The molecule has 2 aromatic heterocycles. The number of pyridine rings is 1. The van der Waals surface area contributed by atoms with Crippen LogP contribution in [0.3, 0.4) is 0 Å². The van der Waals surface area contributed by atoms with E-state index in [0.29, 0.717) is 55.3 Å². The molecule has 0 bridgehead atoms. The van der Waals surface area contributed by atoms with E-state index < -0.39 is 10.0 Å². The highest BCUT2D eigenvalue weighted by molar-refractivity contribution is 7.89. The van der Waals surface area contributed by atoms with E-state index in [4.69, 9.17) is 4.74 Å². The fourth-order valence-corrected chi connectivity index (χ4v) is 5.77. The van der Waals surface area contributed by atoms with Gasteiger partial charge >= 0.3 is 0 Å². The van der Waals surface area contributed by atoms with Gasteiger partial charge in [-0.3, -0.25) is 9.36 Å². The molecule has 3 heterocycles. The Hall–Kier alpha value is -2.69. The van der Waals surface area contributed by atoms with Crippen molar-refractivity contribution >= 4 is 39.4 Å². The zero-order valence-corrected chi connectivity index (χ0v) is 21.2. The molecular weight excluding hydrogens is 478 g/mol. The molecule has 0 amide bonds. The highest BCUT2D eigenvalue weighted by Crippen LogP contribution is 2.29. The highest BCUT2D eigenvalue weighted by Gasteiger charge is 2.27. The molecule has 1 N–H and O–H groups in total. The molecule has 0 atom stereocenters. The third-order valence-corrected chi connectivity index (χ3v) is 8.06. The monoisotopic (exact) mass is 507 g/mol. The van der Waals surface area contributed by atoms with E-state index in [2.05, 4.69) is 15.3 Å². The summed E-state index contributed by atoms with van der Waals surface area (Å²) in [5.41, 5.74) is 1.59. The number of aromatic nitrogens is 3. The molecule has 0 unspecified atom stereocenters. The van der Waals surface area contributed by atoms with E-state index in [9.17, 15) is 13.2 Å². The molecule has 34 heavy (non-hydrogen) atoms. The summed E-state index contributed by atoms with van der Waals surface area (Å²) in [5, 5.41) is 4.05. The SMILES string of the molecule is CCCS(=O)(=O)N1CCC(Nc2ncc3cc(-c4ccccc4OC)c(=O)n(C)c3n2)CC1.Cl. The van der Waals surface area contributed by atoms with E-state index in [1.807, 2.05) is 31.2 Å². The summed E-state index contributed by atoms with van der Waals surface area (Å²) in [5.74, 6) is 1.24. The van der Waals surface area contributed by atoms with Crippen molar-refractivity contribution in [3.63, 3.8) is 0 Å². The number of benzene rings is 1. The molecule has 1 aromatic carbocycles. The quantitative estimate of drug-likeness (QED) is 0.523. The van der Waals surface area contributed by atoms with E-state index >= 15 is 0 Å². The van der Waals surface area contributed by atoms with Gasteiger partial charge in [0.25, 0.3) is 5.56 Å². The van der Waals surface area contributed by atoms with Crippen molar-refractivity contribution in [3.05, 3.63) is 46.9 Å². The summed E-state index contributed by atoms with van der Waals surface area (Å²) in [7, 11) is 0.0967. The number of sulfonamides is 1. The minimum Gasteiger partial charge on any atom is -0.496 e. The minimum absolute atomic E-state index is 0. The van der Waals surface area contributed by atoms with Crippen LogP contribution in [0.1, 0.15) is 26.2 Å². The van der Waals surface area contributed by atoms with Crippen LogP contribution in [-0.2, 0) is 17.1 Å². The van der Waals surface area contributed by atoms with Gasteiger partial charge in [0.1, 0.15) is 11.4 Å². The van der Waals surface area contributed by atoms with Crippen LogP contribution in [0.15, 0.2) is 41.3 Å². The summed E-state index contributed by atoms with van der Waals surface area (Å²) >= 11 is 0. The van der Waals surface area contributed by atoms with E-state index in [-0.39, 0.29) is 29.8 Å². The van der Waals surface area contributed by atoms with Gasteiger partial charge < -0.3 is 10.1 Å². The van der Waals surface area contributed by atoms with Crippen LogP contribution < -0.4 is 15.6 Å². The largest absolute Gasteiger partial charge is 0.496 e. The fraction of sp³-hybridized carbons (Fsp3) is 0.435. The van der Waals surface area contributed by atoms with E-state index in [0.717, 1.165) is 10.9 Å². The maximum atomic E-state index is 13.1. The molecule has 4 rings (SSSR count). The van der Waals surface area contributed by atoms with Gasteiger partial charge in [0.2, 0.25) is 16.0 Å². The first-order valence-electron chi connectivity index (χ1n) is 11.1. The standard InChI is InChI=1S/C23H29N5O4S.ClH/c1-4-13-33(30,31)28-11-9-17(10-12-28)25-23-24-15-16-14-19(22(29)27(2)21(16)26-23)18-7-5-6-8-20(18)32-3;/h5-8,14-15,17H,4,9-13H2,1-3H3,(H,24,25,26);1H. The number of nitrogens with zero attached hydrogens (tertiary/aromatic N) is 4. The first-order valence-corrected chi connectivity index (χ1v) is 12.7. The smallest absolute Gasteiger partial charge is 0.259 e. The lowest BCUT2D eigenvalue weighted by atomic mass is 10.1. The van der Waals surface area contributed by atoms with Crippen LogP contribution in [0.2, 0.25) is 0 Å². The van der Waals surface area contributed by atoms with Crippen molar-refractivity contribution in [2.75, 3.05) is 31.3 Å². The Bertz CT molecular complexity index is 1320.